The third-order valence-corrected chi connectivity index (χ3v) is 3.35. The Balaban J connectivity index is 1.88. The van der Waals surface area contributed by atoms with Gasteiger partial charge in [0, 0.05) is 20.6 Å². The topological polar surface area (TPSA) is 80.0 Å². The monoisotopic (exact) mass is 250 g/mol. The molecule has 1 saturated carbocycles. The van der Waals surface area contributed by atoms with E-state index in [9.17, 15) is 0 Å². The summed E-state index contributed by atoms with van der Waals surface area (Å²) in [6, 6.07) is 0. The molecule has 0 aromatic carbocycles. The Kier molecular flexibility index (Phi) is 4.17. The molecule has 2 rings (SSSR count). The number of nitrogens with two attached hydrogens (primary N) is 1. The first kappa shape index (κ1) is 12.9. The van der Waals surface area contributed by atoms with Crippen molar-refractivity contribution < 1.29 is 0 Å². The third-order valence-electron chi connectivity index (χ3n) is 3.35. The third kappa shape index (κ3) is 3.45. The minimum atomic E-state index is 0.261. The Bertz CT molecular complexity index is 386. The van der Waals surface area contributed by atoms with Crippen molar-refractivity contribution in [1.82, 2.24) is 15.0 Å². The summed E-state index contributed by atoms with van der Waals surface area (Å²) in [5.74, 6) is 2.29. The molecule has 0 bridgehead atoms. The summed E-state index contributed by atoms with van der Waals surface area (Å²) in [4.78, 5) is 14.3. The van der Waals surface area contributed by atoms with Crippen LogP contribution in [0.2, 0.25) is 0 Å². The summed E-state index contributed by atoms with van der Waals surface area (Å²) < 4.78 is 0. The van der Waals surface area contributed by atoms with Crippen molar-refractivity contribution >= 4 is 17.8 Å². The lowest BCUT2D eigenvalue weighted by Gasteiger charge is -2.13. The number of anilines is 3. The molecule has 1 aliphatic carbocycles. The highest BCUT2D eigenvalue weighted by molar-refractivity contribution is 5.40. The molecule has 18 heavy (non-hydrogen) atoms. The minimum absolute atomic E-state index is 0.261. The average molecular weight is 250 g/mol. The first-order valence-electron chi connectivity index (χ1n) is 6.58. The molecule has 6 heteroatoms. The largest absolute Gasteiger partial charge is 0.368 e. The number of aromatic nitrogens is 3. The standard InChI is InChI=1S/C12H22N6/c1-18(2)12-16-10(13)15-11(17-12)14-8-7-9-5-3-4-6-9/h9H,3-8H2,1-2H3,(H3,13,14,15,16,17). The quantitative estimate of drug-likeness (QED) is 0.824. The van der Waals surface area contributed by atoms with E-state index in [2.05, 4.69) is 20.3 Å². The maximum Gasteiger partial charge on any atom is 0.231 e. The van der Waals surface area contributed by atoms with Crippen molar-refractivity contribution in [3.05, 3.63) is 0 Å². The van der Waals surface area contributed by atoms with Crippen LogP contribution in [0.25, 0.3) is 0 Å². The van der Waals surface area contributed by atoms with Gasteiger partial charge < -0.3 is 16.0 Å². The number of rotatable bonds is 5. The Hall–Kier alpha value is -1.59. The molecule has 0 radical (unpaired) electrons. The second-order valence-electron chi connectivity index (χ2n) is 5.08. The molecule has 0 saturated heterocycles. The van der Waals surface area contributed by atoms with E-state index in [0.29, 0.717) is 11.9 Å². The molecule has 1 aromatic heterocycles. The van der Waals surface area contributed by atoms with E-state index in [0.717, 1.165) is 12.5 Å². The van der Waals surface area contributed by atoms with Gasteiger partial charge in [0.1, 0.15) is 0 Å². The van der Waals surface area contributed by atoms with E-state index < -0.39 is 0 Å². The van der Waals surface area contributed by atoms with Gasteiger partial charge in [-0.25, -0.2) is 0 Å². The van der Waals surface area contributed by atoms with Crippen LogP contribution in [0, 0.1) is 5.92 Å². The smallest absolute Gasteiger partial charge is 0.231 e. The van der Waals surface area contributed by atoms with Gasteiger partial charge in [0.15, 0.2) is 0 Å². The molecule has 0 atom stereocenters. The Morgan fingerprint density at radius 3 is 2.61 bits per heavy atom. The molecule has 1 heterocycles. The lowest BCUT2D eigenvalue weighted by Crippen LogP contribution is -2.17. The first-order chi connectivity index (χ1) is 8.65. The predicted octanol–water partition coefficient (Wildman–Crippen LogP) is 1.51. The molecule has 0 amide bonds. The van der Waals surface area contributed by atoms with Gasteiger partial charge in [0.25, 0.3) is 0 Å². The van der Waals surface area contributed by atoms with Crippen LogP contribution in [-0.2, 0) is 0 Å². The van der Waals surface area contributed by atoms with E-state index in [1.807, 2.05) is 19.0 Å². The molecular weight excluding hydrogens is 228 g/mol. The summed E-state index contributed by atoms with van der Waals surface area (Å²) >= 11 is 0. The number of hydrogen-bond acceptors (Lipinski definition) is 6. The van der Waals surface area contributed by atoms with Gasteiger partial charge in [0.2, 0.25) is 17.8 Å². The molecular formula is C12H22N6. The first-order valence-corrected chi connectivity index (χ1v) is 6.58. The zero-order valence-corrected chi connectivity index (χ0v) is 11.2. The Morgan fingerprint density at radius 1 is 1.22 bits per heavy atom. The van der Waals surface area contributed by atoms with Crippen molar-refractivity contribution in [1.29, 1.82) is 0 Å². The minimum Gasteiger partial charge on any atom is -0.368 e. The van der Waals surface area contributed by atoms with Crippen LogP contribution in [0.15, 0.2) is 0 Å². The van der Waals surface area contributed by atoms with E-state index in [-0.39, 0.29) is 5.95 Å². The lowest BCUT2D eigenvalue weighted by atomic mass is 10.0. The molecule has 0 unspecified atom stereocenters. The maximum absolute atomic E-state index is 5.66. The molecule has 1 aromatic rings. The molecule has 1 aliphatic rings. The second-order valence-corrected chi connectivity index (χ2v) is 5.08. The summed E-state index contributed by atoms with van der Waals surface area (Å²) in [6.45, 7) is 0.904. The van der Waals surface area contributed by atoms with Crippen LogP contribution in [0.5, 0.6) is 0 Å². The second kappa shape index (κ2) is 5.84. The van der Waals surface area contributed by atoms with Crippen LogP contribution in [0.3, 0.4) is 0 Å². The van der Waals surface area contributed by atoms with Crippen LogP contribution in [-0.4, -0.2) is 35.6 Å². The normalized spacial score (nSPS) is 15.9. The summed E-state index contributed by atoms with van der Waals surface area (Å²) in [6.07, 6.45) is 6.68. The van der Waals surface area contributed by atoms with Crippen LogP contribution in [0.1, 0.15) is 32.1 Å². The molecule has 3 N–H and O–H groups in total. The van der Waals surface area contributed by atoms with Crippen LogP contribution >= 0.6 is 0 Å². The fraction of sp³-hybridized carbons (Fsp3) is 0.750. The fourth-order valence-corrected chi connectivity index (χ4v) is 2.35. The van der Waals surface area contributed by atoms with Gasteiger partial charge in [-0.3, -0.25) is 0 Å². The summed E-state index contributed by atoms with van der Waals surface area (Å²) in [5.41, 5.74) is 5.66. The zero-order chi connectivity index (χ0) is 13.0. The van der Waals surface area contributed by atoms with E-state index in [1.165, 1.54) is 32.1 Å². The molecule has 100 valence electrons. The van der Waals surface area contributed by atoms with Crippen molar-refractivity contribution in [3.63, 3.8) is 0 Å². The van der Waals surface area contributed by atoms with Crippen molar-refractivity contribution in [2.45, 2.75) is 32.1 Å². The fourth-order valence-electron chi connectivity index (χ4n) is 2.35. The Labute approximate surface area is 108 Å². The Morgan fingerprint density at radius 2 is 1.94 bits per heavy atom. The number of nitrogens with zero attached hydrogens (tertiary/aromatic N) is 4. The highest BCUT2D eigenvalue weighted by Gasteiger charge is 2.14. The number of nitrogens with one attached hydrogen (secondary N) is 1. The molecule has 6 nitrogen and oxygen atoms in total. The lowest BCUT2D eigenvalue weighted by molar-refractivity contribution is 0.518. The van der Waals surface area contributed by atoms with Crippen molar-refractivity contribution in [3.8, 4) is 0 Å². The van der Waals surface area contributed by atoms with Gasteiger partial charge in [-0.2, -0.15) is 15.0 Å². The van der Waals surface area contributed by atoms with Gasteiger partial charge >= 0.3 is 0 Å². The molecule has 0 spiro atoms. The summed E-state index contributed by atoms with van der Waals surface area (Å²) in [5, 5.41) is 3.24. The molecule has 1 fully saturated rings. The average Bonchev–Trinajstić information content (AvgIpc) is 2.81. The predicted molar refractivity (Wildman–Crippen MR) is 73.6 cm³/mol. The SMILES string of the molecule is CN(C)c1nc(N)nc(NCCC2CCCC2)n1. The van der Waals surface area contributed by atoms with Crippen LogP contribution in [0.4, 0.5) is 17.8 Å². The summed E-state index contributed by atoms with van der Waals surface area (Å²) in [7, 11) is 3.77. The van der Waals surface area contributed by atoms with Crippen molar-refractivity contribution in [2.75, 3.05) is 36.6 Å². The molecule has 0 aliphatic heterocycles. The van der Waals surface area contributed by atoms with Crippen molar-refractivity contribution in [2.24, 2.45) is 5.92 Å². The maximum atomic E-state index is 5.66. The van der Waals surface area contributed by atoms with Gasteiger partial charge in [-0.05, 0) is 12.3 Å². The zero-order valence-electron chi connectivity index (χ0n) is 11.2. The highest BCUT2D eigenvalue weighted by atomic mass is 15.3. The number of nitrogen functional groups attached to an aromatic ring is 1. The highest BCUT2D eigenvalue weighted by Crippen LogP contribution is 2.27. The van der Waals surface area contributed by atoms with Crippen LogP contribution < -0.4 is 16.0 Å². The van der Waals surface area contributed by atoms with Gasteiger partial charge in [-0.1, -0.05) is 25.7 Å². The van der Waals surface area contributed by atoms with Gasteiger partial charge in [-0.15, -0.1) is 0 Å². The van der Waals surface area contributed by atoms with Gasteiger partial charge in [0.05, 0.1) is 0 Å². The van der Waals surface area contributed by atoms with E-state index >= 15 is 0 Å². The van der Waals surface area contributed by atoms with E-state index in [4.69, 9.17) is 5.73 Å². The number of hydrogen-bond donors (Lipinski definition) is 2. The van der Waals surface area contributed by atoms with E-state index in [1.54, 1.807) is 0 Å².